The molecule has 3 nitrogen and oxygen atoms in total. The molecule has 0 fully saturated rings. The molecule has 102 valence electrons. The van der Waals surface area contributed by atoms with Crippen LogP contribution in [-0.4, -0.2) is 16.9 Å². The van der Waals surface area contributed by atoms with Gasteiger partial charge in [-0.25, -0.2) is 0 Å². The molecule has 0 aromatic heterocycles. The van der Waals surface area contributed by atoms with E-state index in [9.17, 15) is 9.59 Å². The van der Waals surface area contributed by atoms with Crippen LogP contribution >= 0.6 is 0 Å². The molecule has 0 aliphatic heterocycles. The highest BCUT2D eigenvalue weighted by Gasteiger charge is 2.22. The van der Waals surface area contributed by atoms with Crippen molar-refractivity contribution in [1.82, 2.24) is 0 Å². The molecule has 2 rings (SSSR count). The molecule has 2 aromatic rings. The number of hydrogen-bond acceptors (Lipinski definition) is 2. The van der Waals surface area contributed by atoms with Crippen LogP contribution in [0.4, 0.5) is 0 Å². The molecule has 0 spiro atoms. The average Bonchev–Trinajstić information content (AvgIpc) is 2.49. The van der Waals surface area contributed by atoms with Crippen molar-refractivity contribution in [2.45, 2.75) is 18.8 Å². The fraction of sp³-hybridized carbons (Fsp3) is 0.176. The summed E-state index contributed by atoms with van der Waals surface area (Å²) in [5.74, 6) is -1.32. The quantitative estimate of drug-likeness (QED) is 0.815. The van der Waals surface area contributed by atoms with Gasteiger partial charge < -0.3 is 5.11 Å². The molecule has 0 bridgehead atoms. The van der Waals surface area contributed by atoms with E-state index in [2.05, 4.69) is 0 Å². The van der Waals surface area contributed by atoms with E-state index < -0.39 is 11.9 Å². The molecule has 0 aliphatic rings. The first-order valence-corrected chi connectivity index (χ1v) is 6.54. The summed E-state index contributed by atoms with van der Waals surface area (Å²) in [6.45, 7) is 0. The molecule has 0 amide bonds. The van der Waals surface area contributed by atoms with Gasteiger partial charge in [0.05, 0.1) is 0 Å². The topological polar surface area (TPSA) is 54.4 Å². The second kappa shape index (κ2) is 6.66. The van der Waals surface area contributed by atoms with Gasteiger partial charge in [0.2, 0.25) is 0 Å². The molecule has 2 aromatic carbocycles. The van der Waals surface area contributed by atoms with E-state index in [0.717, 1.165) is 5.56 Å². The Morgan fingerprint density at radius 2 is 1.45 bits per heavy atom. The summed E-state index contributed by atoms with van der Waals surface area (Å²) in [4.78, 5) is 23.3. The number of benzene rings is 2. The zero-order valence-electron chi connectivity index (χ0n) is 11.0. The summed E-state index contributed by atoms with van der Waals surface area (Å²) < 4.78 is 0. The van der Waals surface area contributed by atoms with Gasteiger partial charge in [-0.05, 0) is 12.0 Å². The second-order valence-electron chi connectivity index (χ2n) is 4.63. The van der Waals surface area contributed by atoms with Crippen molar-refractivity contribution >= 4 is 11.8 Å². The number of carbonyl (C=O) groups excluding carboxylic acids is 1. The molecule has 0 unspecified atom stereocenters. The number of rotatable bonds is 6. The van der Waals surface area contributed by atoms with Gasteiger partial charge in [-0.15, -0.1) is 0 Å². The van der Waals surface area contributed by atoms with Crippen LogP contribution in [0.15, 0.2) is 60.7 Å². The van der Waals surface area contributed by atoms with Gasteiger partial charge in [0.1, 0.15) is 0 Å². The number of aliphatic carboxylic acids is 1. The van der Waals surface area contributed by atoms with Crippen molar-refractivity contribution in [3.8, 4) is 0 Å². The lowest BCUT2D eigenvalue weighted by atomic mass is 9.87. The van der Waals surface area contributed by atoms with Gasteiger partial charge in [-0.3, -0.25) is 9.59 Å². The third kappa shape index (κ3) is 3.54. The summed E-state index contributed by atoms with van der Waals surface area (Å²) >= 11 is 0. The Hall–Kier alpha value is -2.42. The molecular formula is C17H16O3. The summed E-state index contributed by atoms with van der Waals surface area (Å²) in [7, 11) is 0. The first kappa shape index (κ1) is 14.0. The van der Waals surface area contributed by atoms with Gasteiger partial charge >= 0.3 is 5.97 Å². The van der Waals surface area contributed by atoms with Crippen molar-refractivity contribution < 1.29 is 14.7 Å². The first-order valence-electron chi connectivity index (χ1n) is 6.54. The van der Waals surface area contributed by atoms with E-state index in [1.807, 2.05) is 48.5 Å². The number of hydrogen-bond donors (Lipinski definition) is 1. The van der Waals surface area contributed by atoms with Gasteiger partial charge in [-0.2, -0.15) is 0 Å². The van der Waals surface area contributed by atoms with Crippen LogP contribution in [0.25, 0.3) is 0 Å². The average molecular weight is 268 g/mol. The smallest absolute Gasteiger partial charge is 0.303 e. The molecule has 20 heavy (non-hydrogen) atoms. The van der Waals surface area contributed by atoms with Crippen molar-refractivity contribution in [2.75, 3.05) is 0 Å². The summed E-state index contributed by atoms with van der Waals surface area (Å²) in [6.07, 6.45) is 0.297. The lowest BCUT2D eigenvalue weighted by molar-refractivity contribution is -0.137. The van der Waals surface area contributed by atoms with Crippen molar-refractivity contribution in [3.05, 3.63) is 71.8 Å². The van der Waals surface area contributed by atoms with Gasteiger partial charge in [0.25, 0.3) is 0 Å². The van der Waals surface area contributed by atoms with Gasteiger partial charge in [0.15, 0.2) is 5.78 Å². The molecular weight excluding hydrogens is 252 g/mol. The van der Waals surface area contributed by atoms with Crippen LogP contribution in [0.5, 0.6) is 0 Å². The van der Waals surface area contributed by atoms with E-state index >= 15 is 0 Å². The Morgan fingerprint density at radius 1 is 0.900 bits per heavy atom. The lowest BCUT2D eigenvalue weighted by Crippen LogP contribution is -2.14. The maximum Gasteiger partial charge on any atom is 0.303 e. The van der Waals surface area contributed by atoms with Gasteiger partial charge in [0, 0.05) is 17.9 Å². The number of carboxylic acids is 1. The first-order chi connectivity index (χ1) is 9.68. The van der Waals surface area contributed by atoms with Crippen molar-refractivity contribution in [3.63, 3.8) is 0 Å². The monoisotopic (exact) mass is 268 g/mol. The Kier molecular flexibility index (Phi) is 4.66. The van der Waals surface area contributed by atoms with Crippen LogP contribution in [-0.2, 0) is 4.79 Å². The van der Waals surface area contributed by atoms with Crippen molar-refractivity contribution in [2.24, 2.45) is 0 Å². The number of carboxylic acid groups (broad SMARTS) is 1. The number of carbonyl (C=O) groups is 2. The van der Waals surface area contributed by atoms with Crippen LogP contribution < -0.4 is 0 Å². The van der Waals surface area contributed by atoms with E-state index in [4.69, 9.17) is 5.11 Å². The predicted octanol–water partition coefficient (Wildman–Crippen LogP) is 3.52. The summed E-state index contributed by atoms with van der Waals surface area (Å²) in [6, 6.07) is 18.3. The molecule has 1 atom stereocenters. The molecule has 3 heteroatoms. The summed E-state index contributed by atoms with van der Waals surface area (Å²) in [5.41, 5.74) is 1.48. The lowest BCUT2D eigenvalue weighted by Gasteiger charge is -2.15. The normalized spacial score (nSPS) is 11.8. The van der Waals surface area contributed by atoms with E-state index in [1.54, 1.807) is 12.1 Å². The fourth-order valence-corrected chi connectivity index (χ4v) is 2.21. The highest BCUT2D eigenvalue weighted by atomic mass is 16.4. The maximum atomic E-state index is 12.6. The zero-order chi connectivity index (χ0) is 14.4. The minimum absolute atomic E-state index is 0.0157. The van der Waals surface area contributed by atoms with E-state index in [1.165, 1.54) is 0 Å². The van der Waals surface area contributed by atoms with E-state index in [-0.39, 0.29) is 12.2 Å². The molecule has 0 heterocycles. The minimum atomic E-state index is -0.883. The third-order valence-electron chi connectivity index (χ3n) is 3.22. The SMILES string of the molecule is O=C(O)CC[C@@H](C(=O)c1ccccc1)c1ccccc1. The fourth-order valence-electron chi connectivity index (χ4n) is 2.21. The van der Waals surface area contributed by atoms with E-state index in [0.29, 0.717) is 12.0 Å². The third-order valence-corrected chi connectivity index (χ3v) is 3.22. The Labute approximate surface area is 117 Å². The highest BCUT2D eigenvalue weighted by Crippen LogP contribution is 2.25. The molecule has 0 saturated heterocycles. The highest BCUT2D eigenvalue weighted by molar-refractivity contribution is 6.01. The Bertz CT molecular complexity index is 576. The standard InChI is InChI=1S/C17H16O3/c18-16(19)12-11-15(13-7-3-1-4-8-13)17(20)14-9-5-2-6-10-14/h1-10,15H,11-12H2,(H,18,19)/t15-/m1/s1. The Morgan fingerprint density at radius 3 is 2.00 bits per heavy atom. The maximum absolute atomic E-state index is 12.6. The largest absolute Gasteiger partial charge is 0.481 e. The van der Waals surface area contributed by atoms with Crippen LogP contribution in [0.2, 0.25) is 0 Å². The predicted molar refractivity (Wildman–Crippen MR) is 76.8 cm³/mol. The minimum Gasteiger partial charge on any atom is -0.481 e. The molecule has 1 N–H and O–H groups in total. The van der Waals surface area contributed by atoms with Crippen molar-refractivity contribution in [1.29, 1.82) is 0 Å². The second-order valence-corrected chi connectivity index (χ2v) is 4.63. The van der Waals surface area contributed by atoms with Crippen LogP contribution in [0, 0.1) is 0 Å². The molecule has 0 saturated carbocycles. The summed E-state index contributed by atoms with van der Waals surface area (Å²) in [5, 5.41) is 8.85. The number of ketones is 1. The number of Topliss-reactive ketones (excluding diaryl/α,β-unsaturated/α-hetero) is 1. The Balaban J connectivity index is 2.27. The zero-order valence-corrected chi connectivity index (χ0v) is 11.0. The van der Waals surface area contributed by atoms with Gasteiger partial charge in [-0.1, -0.05) is 60.7 Å². The molecule has 0 radical (unpaired) electrons. The van der Waals surface area contributed by atoms with Crippen LogP contribution in [0.1, 0.15) is 34.7 Å². The van der Waals surface area contributed by atoms with Crippen LogP contribution in [0.3, 0.4) is 0 Å². The molecule has 0 aliphatic carbocycles.